The van der Waals surface area contributed by atoms with Gasteiger partial charge in [-0.1, -0.05) is 48.3 Å². The largest absolute Gasteiger partial charge is 0.392 e. The highest BCUT2D eigenvalue weighted by Crippen LogP contribution is 2.29. The van der Waals surface area contributed by atoms with Crippen LogP contribution in [-0.4, -0.2) is 16.0 Å². The molecule has 0 atom stereocenters. The van der Waals surface area contributed by atoms with E-state index in [9.17, 15) is 9.90 Å². The molecular formula is C19H16Cl2N2O2. The molecule has 0 aliphatic carbocycles. The first-order valence-electron chi connectivity index (χ1n) is 7.82. The van der Waals surface area contributed by atoms with E-state index in [2.05, 4.69) is 10.3 Å². The number of hydrogen-bond acceptors (Lipinski definition) is 3. The highest BCUT2D eigenvalue weighted by atomic mass is 35.5. The number of aromatic nitrogens is 1. The van der Waals surface area contributed by atoms with E-state index in [-0.39, 0.29) is 22.2 Å². The molecule has 3 rings (SSSR count). The van der Waals surface area contributed by atoms with Crippen LogP contribution in [0.5, 0.6) is 0 Å². The van der Waals surface area contributed by atoms with Crippen LogP contribution in [0.15, 0.2) is 42.6 Å². The van der Waals surface area contributed by atoms with Crippen molar-refractivity contribution in [2.24, 2.45) is 0 Å². The molecule has 25 heavy (non-hydrogen) atoms. The fourth-order valence-electron chi connectivity index (χ4n) is 2.81. The second-order valence-electron chi connectivity index (χ2n) is 5.53. The number of halogens is 2. The minimum atomic E-state index is -0.407. The van der Waals surface area contributed by atoms with Gasteiger partial charge in [0.1, 0.15) is 0 Å². The van der Waals surface area contributed by atoms with Crippen LogP contribution in [0.25, 0.3) is 10.9 Å². The molecule has 0 unspecified atom stereocenters. The SMILES string of the molecule is CCc1cnc2c(NC(=O)c3c(Cl)cccc3Cl)cccc2c1CO. The number of carbonyl (C=O) groups is 1. The zero-order chi connectivity index (χ0) is 18.0. The van der Waals surface area contributed by atoms with E-state index >= 15 is 0 Å². The van der Waals surface area contributed by atoms with E-state index in [0.29, 0.717) is 11.2 Å². The number of nitrogens with one attached hydrogen (secondary N) is 1. The van der Waals surface area contributed by atoms with E-state index in [0.717, 1.165) is 22.9 Å². The van der Waals surface area contributed by atoms with Gasteiger partial charge in [0, 0.05) is 11.6 Å². The molecular weight excluding hydrogens is 359 g/mol. The number of aryl methyl sites for hydroxylation is 1. The Morgan fingerprint density at radius 1 is 1.16 bits per heavy atom. The Bertz CT molecular complexity index is 937. The van der Waals surface area contributed by atoms with Gasteiger partial charge in [0.05, 0.1) is 33.4 Å². The maximum Gasteiger partial charge on any atom is 0.258 e. The fraction of sp³-hybridized carbons (Fsp3) is 0.158. The van der Waals surface area contributed by atoms with Crippen LogP contribution in [0, 0.1) is 0 Å². The minimum absolute atomic E-state index is 0.0874. The monoisotopic (exact) mass is 374 g/mol. The standard InChI is InChI=1S/C19H16Cl2N2O2/c1-2-11-9-22-18-12(13(11)10-24)5-3-8-16(18)23-19(25)17-14(20)6-4-7-15(17)21/h3-9,24H,2,10H2,1H3,(H,23,25). The van der Waals surface area contributed by atoms with Crippen LogP contribution < -0.4 is 5.32 Å². The molecule has 1 heterocycles. The number of para-hydroxylation sites is 1. The number of anilines is 1. The van der Waals surface area contributed by atoms with Crippen LogP contribution in [-0.2, 0) is 13.0 Å². The van der Waals surface area contributed by atoms with E-state index in [1.54, 1.807) is 30.5 Å². The van der Waals surface area contributed by atoms with E-state index < -0.39 is 5.91 Å². The Kier molecular flexibility index (Phi) is 5.23. The molecule has 0 saturated carbocycles. The predicted molar refractivity (Wildman–Crippen MR) is 101 cm³/mol. The Balaban J connectivity index is 2.07. The van der Waals surface area contributed by atoms with Crippen LogP contribution in [0.3, 0.4) is 0 Å². The average molecular weight is 375 g/mol. The van der Waals surface area contributed by atoms with Gasteiger partial charge in [-0.15, -0.1) is 0 Å². The maximum absolute atomic E-state index is 12.6. The van der Waals surface area contributed by atoms with E-state index in [1.807, 2.05) is 19.1 Å². The summed E-state index contributed by atoms with van der Waals surface area (Å²) in [6.45, 7) is 1.92. The summed E-state index contributed by atoms with van der Waals surface area (Å²) in [7, 11) is 0. The molecule has 2 aromatic carbocycles. The lowest BCUT2D eigenvalue weighted by molar-refractivity contribution is 0.102. The quantitative estimate of drug-likeness (QED) is 0.685. The van der Waals surface area contributed by atoms with Gasteiger partial charge in [0.2, 0.25) is 0 Å². The van der Waals surface area contributed by atoms with Crippen LogP contribution in [0.1, 0.15) is 28.4 Å². The van der Waals surface area contributed by atoms with Gasteiger partial charge in [0.15, 0.2) is 0 Å². The number of aliphatic hydroxyl groups is 1. The number of aliphatic hydroxyl groups excluding tert-OH is 1. The van der Waals surface area contributed by atoms with Crippen molar-refractivity contribution in [1.29, 1.82) is 0 Å². The van der Waals surface area contributed by atoms with Crippen molar-refractivity contribution >= 4 is 45.7 Å². The summed E-state index contributed by atoms with van der Waals surface area (Å²) in [6.07, 6.45) is 2.50. The van der Waals surface area contributed by atoms with Crippen molar-refractivity contribution < 1.29 is 9.90 Å². The molecule has 6 heteroatoms. The summed E-state index contributed by atoms with van der Waals surface area (Å²) < 4.78 is 0. The van der Waals surface area contributed by atoms with Gasteiger partial charge in [-0.25, -0.2) is 0 Å². The lowest BCUT2D eigenvalue weighted by Gasteiger charge is -2.13. The van der Waals surface area contributed by atoms with Gasteiger partial charge >= 0.3 is 0 Å². The van der Waals surface area contributed by atoms with Crippen LogP contribution >= 0.6 is 23.2 Å². The van der Waals surface area contributed by atoms with Crippen molar-refractivity contribution in [1.82, 2.24) is 4.98 Å². The van der Waals surface area contributed by atoms with Crippen molar-refractivity contribution in [3.8, 4) is 0 Å². The summed E-state index contributed by atoms with van der Waals surface area (Å²) >= 11 is 12.2. The number of fused-ring (bicyclic) bond motifs is 1. The van der Waals surface area contributed by atoms with E-state index in [4.69, 9.17) is 23.2 Å². The van der Waals surface area contributed by atoms with Crippen molar-refractivity contribution in [3.05, 3.63) is 69.3 Å². The molecule has 4 nitrogen and oxygen atoms in total. The van der Waals surface area contributed by atoms with Crippen LogP contribution in [0.4, 0.5) is 5.69 Å². The van der Waals surface area contributed by atoms with Gasteiger partial charge in [0.25, 0.3) is 5.91 Å². The van der Waals surface area contributed by atoms with Crippen molar-refractivity contribution in [3.63, 3.8) is 0 Å². The molecule has 1 amide bonds. The van der Waals surface area contributed by atoms with Crippen molar-refractivity contribution in [2.45, 2.75) is 20.0 Å². The zero-order valence-electron chi connectivity index (χ0n) is 13.5. The molecule has 0 bridgehead atoms. The average Bonchev–Trinajstić information content (AvgIpc) is 2.60. The van der Waals surface area contributed by atoms with Gasteiger partial charge in [-0.2, -0.15) is 0 Å². The number of benzene rings is 2. The topological polar surface area (TPSA) is 62.2 Å². The normalized spacial score (nSPS) is 10.9. The molecule has 0 aliphatic rings. The fourth-order valence-corrected chi connectivity index (χ4v) is 3.38. The van der Waals surface area contributed by atoms with Gasteiger partial charge in [-0.05, 0) is 35.7 Å². The zero-order valence-corrected chi connectivity index (χ0v) is 15.0. The summed E-state index contributed by atoms with van der Waals surface area (Å²) in [5.41, 5.74) is 3.17. The van der Waals surface area contributed by atoms with E-state index in [1.165, 1.54) is 0 Å². The first-order chi connectivity index (χ1) is 12.1. The molecule has 1 aromatic heterocycles. The third-order valence-electron chi connectivity index (χ3n) is 4.08. The smallest absolute Gasteiger partial charge is 0.258 e. The Morgan fingerprint density at radius 2 is 1.84 bits per heavy atom. The molecule has 3 aromatic rings. The first-order valence-corrected chi connectivity index (χ1v) is 8.58. The number of carbonyl (C=O) groups excluding carboxylic acids is 1. The Morgan fingerprint density at radius 3 is 2.48 bits per heavy atom. The summed E-state index contributed by atoms with van der Waals surface area (Å²) in [5.74, 6) is -0.407. The molecule has 0 saturated heterocycles. The number of rotatable bonds is 4. The summed E-state index contributed by atoms with van der Waals surface area (Å²) in [6, 6.07) is 10.4. The summed E-state index contributed by atoms with van der Waals surface area (Å²) in [5, 5.41) is 13.9. The molecule has 128 valence electrons. The van der Waals surface area contributed by atoms with Gasteiger partial charge in [-0.3, -0.25) is 9.78 Å². The molecule has 0 aliphatic heterocycles. The lowest BCUT2D eigenvalue weighted by Crippen LogP contribution is -2.14. The maximum atomic E-state index is 12.6. The Labute approximate surface area is 155 Å². The predicted octanol–water partition coefficient (Wildman–Crippen LogP) is 4.85. The number of nitrogens with zero attached hydrogens (tertiary/aromatic N) is 1. The summed E-state index contributed by atoms with van der Waals surface area (Å²) in [4.78, 5) is 17.1. The number of pyridine rings is 1. The second kappa shape index (κ2) is 7.40. The number of hydrogen-bond donors (Lipinski definition) is 2. The first kappa shape index (κ1) is 17.7. The minimum Gasteiger partial charge on any atom is -0.392 e. The molecule has 0 fully saturated rings. The highest BCUT2D eigenvalue weighted by Gasteiger charge is 2.17. The van der Waals surface area contributed by atoms with Crippen LogP contribution in [0.2, 0.25) is 10.0 Å². The Hall–Kier alpha value is -2.14. The number of amides is 1. The second-order valence-corrected chi connectivity index (χ2v) is 6.34. The van der Waals surface area contributed by atoms with Gasteiger partial charge < -0.3 is 10.4 Å². The third kappa shape index (κ3) is 3.33. The molecule has 2 N–H and O–H groups in total. The third-order valence-corrected chi connectivity index (χ3v) is 4.71. The highest BCUT2D eigenvalue weighted by molar-refractivity contribution is 6.40. The van der Waals surface area contributed by atoms with Crippen molar-refractivity contribution in [2.75, 3.05) is 5.32 Å². The lowest BCUT2D eigenvalue weighted by atomic mass is 10.0. The molecule has 0 spiro atoms. The molecule has 0 radical (unpaired) electrons.